The molecule has 2 rings (SSSR count). The van der Waals surface area contributed by atoms with Crippen molar-refractivity contribution in [2.24, 2.45) is 0 Å². The summed E-state index contributed by atoms with van der Waals surface area (Å²) in [5.41, 5.74) is 6.12. The summed E-state index contributed by atoms with van der Waals surface area (Å²) in [4.78, 5) is 17.6. The van der Waals surface area contributed by atoms with Gasteiger partial charge in [-0.15, -0.1) is 0 Å². The second kappa shape index (κ2) is 5.44. The first kappa shape index (κ1) is 13.6. The number of anilines is 2. The lowest BCUT2D eigenvalue weighted by atomic mass is 10.1. The van der Waals surface area contributed by atoms with Crippen molar-refractivity contribution in [2.75, 3.05) is 23.8 Å². The maximum absolute atomic E-state index is 11.3. The van der Waals surface area contributed by atoms with E-state index in [1.54, 1.807) is 0 Å². The SMILES string of the molecule is CCC1COC(C)CN1c1ncc(N)cc1C(=O)O. The number of ether oxygens (including phenoxy) is 1. The summed E-state index contributed by atoms with van der Waals surface area (Å²) >= 11 is 0. The average molecular weight is 265 g/mol. The highest BCUT2D eigenvalue weighted by Gasteiger charge is 2.29. The molecule has 2 unspecified atom stereocenters. The third-order valence-corrected chi connectivity index (χ3v) is 3.33. The molecule has 1 saturated heterocycles. The fourth-order valence-corrected chi connectivity index (χ4v) is 2.30. The summed E-state index contributed by atoms with van der Waals surface area (Å²) in [6, 6.07) is 1.60. The molecule has 0 aliphatic carbocycles. The minimum absolute atomic E-state index is 0.0591. The lowest BCUT2D eigenvalue weighted by Gasteiger charge is -2.39. The van der Waals surface area contributed by atoms with Gasteiger partial charge in [0.25, 0.3) is 0 Å². The molecule has 0 saturated carbocycles. The van der Waals surface area contributed by atoms with Gasteiger partial charge in [-0.1, -0.05) is 6.92 Å². The lowest BCUT2D eigenvalue weighted by Crippen LogP contribution is -2.49. The van der Waals surface area contributed by atoms with Crippen LogP contribution in [0.15, 0.2) is 12.3 Å². The average Bonchev–Trinajstić information content (AvgIpc) is 2.38. The van der Waals surface area contributed by atoms with Crippen LogP contribution < -0.4 is 10.6 Å². The molecule has 3 N–H and O–H groups in total. The minimum Gasteiger partial charge on any atom is -0.478 e. The number of hydrogen-bond acceptors (Lipinski definition) is 5. The topological polar surface area (TPSA) is 88.7 Å². The molecule has 6 nitrogen and oxygen atoms in total. The molecule has 1 aromatic rings. The Morgan fingerprint density at radius 1 is 1.68 bits per heavy atom. The van der Waals surface area contributed by atoms with Gasteiger partial charge in [0.1, 0.15) is 11.4 Å². The van der Waals surface area contributed by atoms with Crippen LogP contribution in [-0.4, -0.2) is 41.4 Å². The third-order valence-electron chi connectivity index (χ3n) is 3.33. The Labute approximate surface area is 112 Å². The van der Waals surface area contributed by atoms with E-state index in [0.29, 0.717) is 24.7 Å². The summed E-state index contributed by atoms with van der Waals surface area (Å²) < 4.78 is 5.62. The molecule has 0 spiro atoms. The summed E-state index contributed by atoms with van der Waals surface area (Å²) in [5.74, 6) is -0.535. The van der Waals surface area contributed by atoms with Crippen molar-refractivity contribution >= 4 is 17.5 Å². The minimum atomic E-state index is -1.01. The van der Waals surface area contributed by atoms with Crippen LogP contribution in [0, 0.1) is 0 Å². The Hall–Kier alpha value is -1.82. The highest BCUT2D eigenvalue weighted by molar-refractivity contribution is 5.94. The van der Waals surface area contributed by atoms with Gasteiger partial charge in [-0.05, 0) is 19.4 Å². The molecule has 6 heteroatoms. The van der Waals surface area contributed by atoms with Crippen molar-refractivity contribution in [3.05, 3.63) is 17.8 Å². The first-order valence-electron chi connectivity index (χ1n) is 6.40. The number of morpholine rings is 1. The fourth-order valence-electron chi connectivity index (χ4n) is 2.30. The Kier molecular flexibility index (Phi) is 3.90. The monoisotopic (exact) mass is 265 g/mol. The first-order valence-corrected chi connectivity index (χ1v) is 6.40. The number of nitrogen functional groups attached to an aromatic ring is 1. The van der Waals surface area contributed by atoms with Crippen molar-refractivity contribution in [2.45, 2.75) is 32.4 Å². The van der Waals surface area contributed by atoms with Gasteiger partial charge in [0.2, 0.25) is 0 Å². The zero-order valence-electron chi connectivity index (χ0n) is 11.2. The number of hydrogen-bond donors (Lipinski definition) is 2. The van der Waals surface area contributed by atoms with Gasteiger partial charge in [-0.2, -0.15) is 0 Å². The highest BCUT2D eigenvalue weighted by Crippen LogP contribution is 2.26. The molecule has 1 aromatic heterocycles. The third kappa shape index (κ3) is 2.78. The van der Waals surface area contributed by atoms with E-state index in [4.69, 9.17) is 10.5 Å². The maximum Gasteiger partial charge on any atom is 0.339 e. The van der Waals surface area contributed by atoms with Crippen LogP contribution in [0.1, 0.15) is 30.6 Å². The summed E-state index contributed by atoms with van der Waals surface area (Å²) in [7, 11) is 0. The number of rotatable bonds is 3. The zero-order valence-corrected chi connectivity index (χ0v) is 11.2. The summed E-state index contributed by atoms with van der Waals surface area (Å²) in [6.07, 6.45) is 2.43. The van der Waals surface area contributed by atoms with Crippen LogP contribution in [0.4, 0.5) is 11.5 Å². The molecule has 0 amide bonds. The molecule has 1 aliphatic rings. The van der Waals surface area contributed by atoms with Crippen molar-refractivity contribution in [1.29, 1.82) is 0 Å². The van der Waals surface area contributed by atoms with Crippen LogP contribution in [0.3, 0.4) is 0 Å². The Morgan fingerprint density at radius 3 is 3.05 bits per heavy atom. The van der Waals surface area contributed by atoms with Gasteiger partial charge in [0, 0.05) is 6.54 Å². The highest BCUT2D eigenvalue weighted by atomic mass is 16.5. The smallest absolute Gasteiger partial charge is 0.339 e. The Bertz CT molecular complexity index is 478. The quantitative estimate of drug-likeness (QED) is 0.858. The number of aromatic nitrogens is 1. The van der Waals surface area contributed by atoms with Gasteiger partial charge in [0.15, 0.2) is 0 Å². The Morgan fingerprint density at radius 2 is 2.42 bits per heavy atom. The van der Waals surface area contributed by atoms with E-state index >= 15 is 0 Å². The van der Waals surface area contributed by atoms with E-state index in [1.807, 2.05) is 11.8 Å². The number of carboxylic acid groups (broad SMARTS) is 1. The Balaban J connectivity index is 2.40. The second-order valence-corrected chi connectivity index (χ2v) is 4.80. The molecule has 0 bridgehead atoms. The van der Waals surface area contributed by atoms with E-state index in [9.17, 15) is 9.90 Å². The molecule has 2 heterocycles. The molecular formula is C13H19N3O3. The van der Waals surface area contributed by atoms with E-state index < -0.39 is 5.97 Å². The zero-order chi connectivity index (χ0) is 14.0. The van der Waals surface area contributed by atoms with Crippen LogP contribution in [-0.2, 0) is 4.74 Å². The molecule has 0 radical (unpaired) electrons. The molecule has 2 atom stereocenters. The van der Waals surface area contributed by atoms with Crippen LogP contribution in [0.5, 0.6) is 0 Å². The molecule has 19 heavy (non-hydrogen) atoms. The molecule has 1 fully saturated rings. The van der Waals surface area contributed by atoms with Crippen LogP contribution >= 0.6 is 0 Å². The number of aromatic carboxylic acids is 1. The molecule has 0 aromatic carbocycles. The molecule has 1 aliphatic heterocycles. The standard InChI is InChI=1S/C13H19N3O3/c1-3-10-7-19-8(2)6-16(10)12-11(13(17)18)4-9(14)5-15-12/h4-5,8,10H,3,6-7,14H2,1-2H3,(H,17,18). The second-order valence-electron chi connectivity index (χ2n) is 4.80. The predicted octanol–water partition coefficient (Wildman–Crippen LogP) is 1.37. The number of carboxylic acids is 1. The maximum atomic E-state index is 11.3. The van der Waals surface area contributed by atoms with Crippen LogP contribution in [0.2, 0.25) is 0 Å². The summed E-state index contributed by atoms with van der Waals surface area (Å²) in [6.45, 7) is 5.24. The van der Waals surface area contributed by atoms with Gasteiger partial charge >= 0.3 is 5.97 Å². The lowest BCUT2D eigenvalue weighted by molar-refractivity contribution is 0.0294. The van der Waals surface area contributed by atoms with Crippen molar-refractivity contribution in [3.8, 4) is 0 Å². The largest absolute Gasteiger partial charge is 0.478 e. The van der Waals surface area contributed by atoms with Crippen LogP contribution in [0.25, 0.3) is 0 Å². The van der Waals surface area contributed by atoms with Gasteiger partial charge in [0.05, 0.1) is 30.6 Å². The normalized spacial score (nSPS) is 23.4. The molecular weight excluding hydrogens is 246 g/mol. The number of nitrogens with two attached hydrogens (primary N) is 1. The summed E-state index contributed by atoms with van der Waals surface area (Å²) in [5, 5.41) is 9.29. The van der Waals surface area contributed by atoms with Gasteiger partial charge in [-0.3, -0.25) is 0 Å². The van der Waals surface area contributed by atoms with E-state index in [1.165, 1.54) is 12.3 Å². The van der Waals surface area contributed by atoms with E-state index in [2.05, 4.69) is 11.9 Å². The number of carbonyl (C=O) groups is 1. The molecule has 104 valence electrons. The van der Waals surface area contributed by atoms with E-state index in [-0.39, 0.29) is 17.7 Å². The van der Waals surface area contributed by atoms with Crippen molar-refractivity contribution < 1.29 is 14.6 Å². The fraction of sp³-hybridized carbons (Fsp3) is 0.538. The van der Waals surface area contributed by atoms with Gasteiger partial charge in [-0.25, -0.2) is 9.78 Å². The van der Waals surface area contributed by atoms with Crippen molar-refractivity contribution in [3.63, 3.8) is 0 Å². The van der Waals surface area contributed by atoms with Gasteiger partial charge < -0.3 is 20.5 Å². The number of pyridine rings is 1. The van der Waals surface area contributed by atoms with Crippen molar-refractivity contribution in [1.82, 2.24) is 4.98 Å². The van der Waals surface area contributed by atoms with E-state index in [0.717, 1.165) is 6.42 Å². The predicted molar refractivity (Wildman–Crippen MR) is 72.4 cm³/mol. The number of nitrogens with zero attached hydrogens (tertiary/aromatic N) is 2. The first-order chi connectivity index (χ1) is 9.02.